The van der Waals surface area contributed by atoms with Crippen LogP contribution < -0.4 is 10.1 Å². The third-order valence-electron chi connectivity index (χ3n) is 4.21. The number of rotatable bonds is 7. The van der Waals surface area contributed by atoms with Crippen molar-refractivity contribution in [1.82, 2.24) is 14.9 Å². The molecule has 0 saturated heterocycles. The highest BCUT2D eigenvalue weighted by Crippen LogP contribution is 2.40. The molecule has 0 fully saturated rings. The topological polar surface area (TPSA) is 76.4 Å². The van der Waals surface area contributed by atoms with E-state index in [2.05, 4.69) is 10.3 Å². The summed E-state index contributed by atoms with van der Waals surface area (Å²) in [7, 11) is 1.32. The summed E-state index contributed by atoms with van der Waals surface area (Å²) < 4.78 is 47.1. The van der Waals surface area contributed by atoms with Gasteiger partial charge in [-0.25, -0.2) is 4.98 Å². The molecular formula is C19H24F3N3O3. The van der Waals surface area contributed by atoms with Gasteiger partial charge in [0.05, 0.1) is 18.6 Å². The Labute approximate surface area is 161 Å². The second kappa shape index (κ2) is 8.22. The first-order valence-corrected chi connectivity index (χ1v) is 8.77. The van der Waals surface area contributed by atoms with Crippen LogP contribution >= 0.6 is 0 Å². The number of ether oxygens (including phenoxy) is 1. The van der Waals surface area contributed by atoms with Crippen molar-refractivity contribution < 1.29 is 27.8 Å². The van der Waals surface area contributed by atoms with Gasteiger partial charge < -0.3 is 19.7 Å². The number of carbonyl (C=O) groups is 1. The molecule has 0 bridgehead atoms. The van der Waals surface area contributed by atoms with Crippen molar-refractivity contribution in [3.63, 3.8) is 0 Å². The van der Waals surface area contributed by atoms with Crippen molar-refractivity contribution in [2.24, 2.45) is 7.05 Å². The van der Waals surface area contributed by atoms with Gasteiger partial charge in [-0.15, -0.1) is 0 Å². The Bertz CT molecular complexity index is 803. The van der Waals surface area contributed by atoms with Crippen LogP contribution in [0.2, 0.25) is 0 Å². The van der Waals surface area contributed by atoms with Gasteiger partial charge >= 0.3 is 6.18 Å². The summed E-state index contributed by atoms with van der Waals surface area (Å²) in [5.74, 6) is -0.936. The molecule has 2 N–H and O–H groups in total. The average Bonchev–Trinajstić information content (AvgIpc) is 3.00. The summed E-state index contributed by atoms with van der Waals surface area (Å²) in [6.07, 6.45) is -3.85. The van der Waals surface area contributed by atoms with E-state index in [9.17, 15) is 23.1 Å². The summed E-state index contributed by atoms with van der Waals surface area (Å²) in [5.41, 5.74) is -2.69. The summed E-state index contributed by atoms with van der Waals surface area (Å²) in [5, 5.41) is 12.8. The Morgan fingerprint density at radius 3 is 2.32 bits per heavy atom. The summed E-state index contributed by atoms with van der Waals surface area (Å²) >= 11 is 0. The van der Waals surface area contributed by atoms with Gasteiger partial charge in [0.2, 0.25) is 11.5 Å². The number of imidazole rings is 1. The highest BCUT2D eigenvalue weighted by atomic mass is 19.4. The molecule has 9 heteroatoms. The molecule has 154 valence electrons. The molecular weight excluding hydrogens is 375 g/mol. The van der Waals surface area contributed by atoms with Gasteiger partial charge in [0.1, 0.15) is 5.75 Å². The van der Waals surface area contributed by atoms with Crippen LogP contribution in [0.25, 0.3) is 0 Å². The van der Waals surface area contributed by atoms with Crippen molar-refractivity contribution in [2.75, 3.05) is 0 Å². The smallest absolute Gasteiger partial charge is 0.425 e. The summed E-state index contributed by atoms with van der Waals surface area (Å²) in [6, 6.07) is 6.32. The van der Waals surface area contributed by atoms with Crippen LogP contribution in [0.1, 0.15) is 44.6 Å². The van der Waals surface area contributed by atoms with E-state index < -0.39 is 36.0 Å². The number of halogens is 3. The second-order valence-electron chi connectivity index (χ2n) is 6.92. The zero-order valence-electron chi connectivity index (χ0n) is 16.1. The van der Waals surface area contributed by atoms with Crippen molar-refractivity contribution in [3.8, 4) is 5.75 Å². The second-order valence-corrected chi connectivity index (χ2v) is 6.92. The largest absolute Gasteiger partial charge is 0.491 e. The van der Waals surface area contributed by atoms with E-state index in [4.69, 9.17) is 4.74 Å². The number of aryl methyl sites for hydroxylation is 1. The Kier molecular flexibility index (Phi) is 6.38. The Balaban J connectivity index is 2.11. The summed E-state index contributed by atoms with van der Waals surface area (Å²) in [6.45, 7) is 5.42. The average molecular weight is 399 g/mol. The van der Waals surface area contributed by atoms with Gasteiger partial charge in [0, 0.05) is 19.4 Å². The summed E-state index contributed by atoms with van der Waals surface area (Å²) in [4.78, 5) is 15.9. The van der Waals surface area contributed by atoms with E-state index >= 15 is 0 Å². The lowest BCUT2D eigenvalue weighted by molar-refractivity contribution is -0.271. The first-order valence-electron chi connectivity index (χ1n) is 8.77. The number of aromatic nitrogens is 2. The lowest BCUT2D eigenvalue weighted by atomic mass is 9.96. The predicted octanol–water partition coefficient (Wildman–Crippen LogP) is 3.22. The molecule has 1 aromatic heterocycles. The molecule has 1 aromatic carbocycles. The molecule has 0 aliphatic heterocycles. The van der Waals surface area contributed by atoms with E-state index in [0.29, 0.717) is 11.3 Å². The minimum atomic E-state index is -5.07. The van der Waals surface area contributed by atoms with Gasteiger partial charge in [0.15, 0.2) is 5.82 Å². The van der Waals surface area contributed by atoms with Gasteiger partial charge in [-0.05, 0) is 38.5 Å². The number of hydrogen-bond donors (Lipinski definition) is 2. The van der Waals surface area contributed by atoms with Crippen LogP contribution in [0, 0.1) is 0 Å². The lowest BCUT2D eigenvalue weighted by Gasteiger charge is -2.29. The number of nitrogens with zero attached hydrogens (tertiary/aromatic N) is 2. The number of carbonyl (C=O) groups excluding carboxylic acids is 1. The highest BCUT2D eigenvalue weighted by Gasteiger charge is 2.58. The molecule has 0 aliphatic carbocycles. The molecule has 0 spiro atoms. The van der Waals surface area contributed by atoms with Crippen LogP contribution in [0.5, 0.6) is 5.75 Å². The molecule has 2 unspecified atom stereocenters. The van der Waals surface area contributed by atoms with E-state index in [-0.39, 0.29) is 6.10 Å². The normalized spacial score (nSPS) is 15.2. The van der Waals surface area contributed by atoms with Crippen molar-refractivity contribution >= 4 is 5.91 Å². The van der Waals surface area contributed by atoms with Crippen LogP contribution in [0.3, 0.4) is 0 Å². The number of aliphatic hydroxyl groups is 1. The van der Waals surface area contributed by atoms with Gasteiger partial charge in [-0.3, -0.25) is 4.79 Å². The number of alkyl halides is 3. The predicted molar refractivity (Wildman–Crippen MR) is 96.5 cm³/mol. The fraction of sp³-hybridized carbons (Fsp3) is 0.474. The third kappa shape index (κ3) is 4.83. The quantitative estimate of drug-likeness (QED) is 0.750. The first kappa shape index (κ1) is 21.7. The fourth-order valence-corrected chi connectivity index (χ4v) is 2.79. The number of nitrogens with one attached hydrogen (secondary N) is 1. The molecule has 2 rings (SSSR count). The van der Waals surface area contributed by atoms with Crippen LogP contribution in [0.4, 0.5) is 13.2 Å². The van der Waals surface area contributed by atoms with Crippen molar-refractivity contribution in [2.45, 2.75) is 51.1 Å². The zero-order valence-corrected chi connectivity index (χ0v) is 16.1. The zero-order chi connectivity index (χ0) is 21.1. The molecule has 0 radical (unpaired) electrons. The van der Waals surface area contributed by atoms with Crippen molar-refractivity contribution in [3.05, 3.63) is 48.0 Å². The molecule has 2 atom stereocenters. The maximum atomic E-state index is 13.5. The van der Waals surface area contributed by atoms with Crippen molar-refractivity contribution in [1.29, 1.82) is 0 Å². The van der Waals surface area contributed by atoms with E-state index in [1.807, 2.05) is 13.8 Å². The number of amides is 1. The fourth-order valence-electron chi connectivity index (χ4n) is 2.79. The monoisotopic (exact) mass is 399 g/mol. The van der Waals surface area contributed by atoms with Crippen LogP contribution in [-0.2, 0) is 17.4 Å². The molecule has 0 saturated carbocycles. The third-order valence-corrected chi connectivity index (χ3v) is 4.21. The van der Waals surface area contributed by atoms with E-state index in [1.54, 1.807) is 31.2 Å². The van der Waals surface area contributed by atoms with Crippen LogP contribution in [-0.4, -0.2) is 32.8 Å². The minimum absolute atomic E-state index is 0.00847. The molecule has 28 heavy (non-hydrogen) atoms. The Morgan fingerprint density at radius 2 is 1.86 bits per heavy atom. The van der Waals surface area contributed by atoms with E-state index in [0.717, 1.165) is 10.8 Å². The lowest BCUT2D eigenvalue weighted by Crippen LogP contribution is -2.48. The maximum Gasteiger partial charge on any atom is 0.425 e. The standard InChI is InChI=1S/C19H24F3N3O3/c1-12(2)28-15-7-5-14(6-8-15)13(3)24-16(26)11-18(27,19(20,21)22)17-23-9-10-25(17)4/h5-10,12-13,27H,11H2,1-4H3,(H,24,26). The minimum Gasteiger partial charge on any atom is -0.491 e. The molecule has 1 amide bonds. The SMILES string of the molecule is CC(C)Oc1ccc(C(C)NC(=O)CC(O)(c2nccn2C)C(F)(F)F)cc1. The van der Waals surface area contributed by atoms with E-state index in [1.165, 1.54) is 13.2 Å². The molecule has 2 aromatic rings. The Morgan fingerprint density at radius 1 is 1.25 bits per heavy atom. The van der Waals surface area contributed by atoms with Crippen LogP contribution in [0.15, 0.2) is 36.7 Å². The van der Waals surface area contributed by atoms with Gasteiger partial charge in [-0.1, -0.05) is 12.1 Å². The highest BCUT2D eigenvalue weighted by molar-refractivity contribution is 5.77. The maximum absolute atomic E-state index is 13.5. The molecule has 6 nitrogen and oxygen atoms in total. The van der Waals surface area contributed by atoms with Gasteiger partial charge in [-0.2, -0.15) is 13.2 Å². The first-order chi connectivity index (χ1) is 12.9. The Hall–Kier alpha value is -2.55. The molecule has 0 aliphatic rings. The van der Waals surface area contributed by atoms with Gasteiger partial charge in [0.25, 0.3) is 0 Å². The molecule has 1 heterocycles. The number of benzene rings is 1. The number of hydrogen-bond acceptors (Lipinski definition) is 4.